The number of aromatic nitrogens is 2. The van der Waals surface area contributed by atoms with Crippen LogP contribution >= 0.6 is 0 Å². The third kappa shape index (κ3) is 4.29. The number of carbonyl (C=O) groups is 1. The van der Waals surface area contributed by atoms with Crippen molar-refractivity contribution in [3.8, 4) is 17.8 Å². The molecule has 0 fully saturated rings. The van der Waals surface area contributed by atoms with E-state index in [2.05, 4.69) is 10.4 Å². The summed E-state index contributed by atoms with van der Waals surface area (Å²) < 4.78 is 28.1. The predicted octanol–water partition coefficient (Wildman–Crippen LogP) is 2.63. The van der Waals surface area contributed by atoms with Crippen LogP contribution in [0.3, 0.4) is 0 Å². The van der Waals surface area contributed by atoms with E-state index < -0.39 is 16.1 Å². The number of anilines is 1. The highest BCUT2D eigenvalue weighted by molar-refractivity contribution is 7.90. The lowest BCUT2D eigenvalue weighted by molar-refractivity contribution is 0.256. The molecule has 2 aromatic carbocycles. The molecule has 3 aromatic rings. The lowest BCUT2D eigenvalue weighted by Gasteiger charge is -2.11. The first-order valence-electron chi connectivity index (χ1n) is 8.70. The van der Waals surface area contributed by atoms with Crippen LogP contribution in [0.25, 0.3) is 5.69 Å². The van der Waals surface area contributed by atoms with Crippen LogP contribution in [0.5, 0.6) is 0 Å². The third-order valence-electron chi connectivity index (χ3n) is 4.11. The van der Waals surface area contributed by atoms with E-state index in [1.807, 2.05) is 23.8 Å². The zero-order valence-corrected chi connectivity index (χ0v) is 16.6. The van der Waals surface area contributed by atoms with Crippen LogP contribution in [0, 0.1) is 29.6 Å². The molecule has 1 heterocycles. The van der Waals surface area contributed by atoms with Gasteiger partial charge >= 0.3 is 6.03 Å². The summed E-state index contributed by atoms with van der Waals surface area (Å²) in [6.07, 6.45) is -0.152. The van der Waals surface area contributed by atoms with Gasteiger partial charge in [-0.25, -0.2) is 22.6 Å². The number of carbonyl (C=O) groups excluding carboxylic acids is 1. The van der Waals surface area contributed by atoms with E-state index in [4.69, 9.17) is 5.26 Å². The smallest absolute Gasteiger partial charge is 0.290 e. The monoisotopic (exact) mass is 420 g/mol. The second-order valence-electron chi connectivity index (χ2n) is 6.24. The average molecular weight is 420 g/mol. The molecule has 0 aliphatic rings. The fraction of sp³-hybridized carbons (Fsp3) is 0.100. The van der Waals surface area contributed by atoms with E-state index in [9.17, 15) is 18.5 Å². The number of nitrogens with one attached hydrogen (secondary N) is 2. The zero-order valence-electron chi connectivity index (χ0n) is 15.8. The summed E-state index contributed by atoms with van der Waals surface area (Å²) in [6, 6.07) is 17.4. The minimum atomic E-state index is -4.12. The first-order valence-corrected chi connectivity index (χ1v) is 10.2. The van der Waals surface area contributed by atoms with E-state index in [-0.39, 0.29) is 28.4 Å². The van der Waals surface area contributed by atoms with Gasteiger partial charge in [-0.3, -0.25) is 5.32 Å². The maximum absolute atomic E-state index is 12.5. The van der Waals surface area contributed by atoms with Crippen molar-refractivity contribution in [1.82, 2.24) is 14.5 Å². The van der Waals surface area contributed by atoms with Gasteiger partial charge in [-0.1, -0.05) is 35.9 Å². The highest BCUT2D eigenvalue weighted by Crippen LogP contribution is 2.24. The highest BCUT2D eigenvalue weighted by Gasteiger charge is 2.23. The molecule has 2 amide bonds. The van der Waals surface area contributed by atoms with Crippen LogP contribution in [0.4, 0.5) is 10.6 Å². The molecule has 0 bridgehead atoms. The molecule has 1 aromatic heterocycles. The molecule has 0 unspecified atom stereocenters. The maximum Gasteiger partial charge on any atom is 0.334 e. The van der Waals surface area contributed by atoms with Crippen LogP contribution in [0.15, 0.2) is 59.5 Å². The first-order chi connectivity index (χ1) is 14.4. The molecule has 0 saturated heterocycles. The molecular formula is C20H16N6O3S. The van der Waals surface area contributed by atoms with Crippen molar-refractivity contribution in [2.45, 2.75) is 18.2 Å². The zero-order chi connectivity index (χ0) is 21.7. The topological polar surface area (TPSA) is 141 Å². The lowest BCUT2D eigenvalue weighted by atomic mass is 10.2. The number of urea groups is 1. The summed E-state index contributed by atoms with van der Waals surface area (Å²) in [6.45, 7) is 1.81. The number of nitrogens with zero attached hydrogens (tertiary/aromatic N) is 4. The van der Waals surface area contributed by atoms with Crippen molar-refractivity contribution >= 4 is 21.9 Å². The van der Waals surface area contributed by atoms with Crippen molar-refractivity contribution < 1.29 is 13.2 Å². The van der Waals surface area contributed by atoms with E-state index in [1.165, 1.54) is 16.8 Å². The molecule has 0 aliphatic heterocycles. The normalized spacial score (nSPS) is 10.6. The first kappa shape index (κ1) is 20.6. The Hall–Kier alpha value is -4.15. The van der Waals surface area contributed by atoms with Gasteiger partial charge in [0.2, 0.25) is 0 Å². The number of sulfonamides is 1. The van der Waals surface area contributed by atoms with Gasteiger partial charge in [0.05, 0.1) is 28.8 Å². The van der Waals surface area contributed by atoms with Gasteiger partial charge in [0.25, 0.3) is 10.0 Å². The SMILES string of the molecule is Cc1ccc(S(=O)(=O)NC(=O)Nc2c(C#N)c(CC#N)nn2-c2ccccc2)cc1. The number of amides is 2. The van der Waals surface area contributed by atoms with Crippen molar-refractivity contribution in [1.29, 1.82) is 10.5 Å². The summed E-state index contributed by atoms with van der Waals surface area (Å²) in [5.41, 5.74) is 1.53. The maximum atomic E-state index is 12.5. The van der Waals surface area contributed by atoms with Crippen molar-refractivity contribution in [3.05, 3.63) is 71.4 Å². The predicted molar refractivity (Wildman–Crippen MR) is 108 cm³/mol. The lowest BCUT2D eigenvalue weighted by Crippen LogP contribution is -2.35. The minimum absolute atomic E-state index is 0.0247. The molecule has 30 heavy (non-hydrogen) atoms. The Morgan fingerprint density at radius 1 is 1.10 bits per heavy atom. The largest absolute Gasteiger partial charge is 0.334 e. The summed E-state index contributed by atoms with van der Waals surface area (Å²) in [5.74, 6) is -0.0365. The number of nitriles is 2. The quantitative estimate of drug-likeness (QED) is 0.650. The average Bonchev–Trinajstić information content (AvgIpc) is 3.05. The van der Waals surface area contributed by atoms with Crippen molar-refractivity contribution in [3.63, 3.8) is 0 Å². The Morgan fingerprint density at radius 2 is 1.77 bits per heavy atom. The molecule has 0 spiro atoms. The molecule has 3 rings (SSSR count). The van der Waals surface area contributed by atoms with Gasteiger partial charge in [0.15, 0.2) is 5.82 Å². The van der Waals surface area contributed by atoms with E-state index >= 15 is 0 Å². The molecule has 0 aliphatic carbocycles. The number of rotatable bonds is 5. The molecule has 0 saturated carbocycles. The Balaban J connectivity index is 1.95. The van der Waals surface area contributed by atoms with Crippen LogP contribution in [-0.2, 0) is 16.4 Å². The molecule has 0 radical (unpaired) electrons. The van der Waals surface area contributed by atoms with Gasteiger partial charge in [0.1, 0.15) is 11.6 Å². The molecule has 10 heteroatoms. The second kappa shape index (κ2) is 8.47. The number of benzene rings is 2. The summed E-state index contributed by atoms with van der Waals surface area (Å²) in [4.78, 5) is 12.4. The van der Waals surface area contributed by atoms with Crippen molar-refractivity contribution in [2.75, 3.05) is 5.32 Å². The van der Waals surface area contributed by atoms with E-state index in [1.54, 1.807) is 42.5 Å². The Bertz CT molecular complexity index is 1270. The molecule has 2 N–H and O–H groups in total. The van der Waals surface area contributed by atoms with Crippen LogP contribution < -0.4 is 10.0 Å². The summed E-state index contributed by atoms with van der Waals surface area (Å²) >= 11 is 0. The van der Waals surface area contributed by atoms with Crippen molar-refractivity contribution in [2.24, 2.45) is 0 Å². The summed E-state index contributed by atoms with van der Waals surface area (Å²) in [5, 5.41) is 25.2. The van der Waals surface area contributed by atoms with Gasteiger partial charge in [-0.15, -0.1) is 0 Å². The number of para-hydroxylation sites is 1. The molecule has 150 valence electrons. The fourth-order valence-corrected chi connectivity index (χ4v) is 3.59. The van der Waals surface area contributed by atoms with Gasteiger partial charge in [-0.05, 0) is 31.2 Å². The van der Waals surface area contributed by atoms with Crippen LogP contribution in [0.1, 0.15) is 16.8 Å². The summed E-state index contributed by atoms with van der Waals surface area (Å²) in [7, 11) is -4.12. The number of hydrogen-bond acceptors (Lipinski definition) is 6. The second-order valence-corrected chi connectivity index (χ2v) is 7.92. The molecule has 9 nitrogen and oxygen atoms in total. The Kier molecular flexibility index (Phi) is 5.81. The van der Waals surface area contributed by atoms with Crippen LogP contribution in [-0.4, -0.2) is 24.2 Å². The standard InChI is InChI=1S/C20H16N6O3S/c1-14-7-9-16(10-8-14)30(28,29)25-20(27)23-19-17(13-22)18(11-12-21)24-26(19)15-5-3-2-4-6-15/h2-10H,11H2,1H3,(H2,23,25,27). The van der Waals surface area contributed by atoms with E-state index in [0.29, 0.717) is 5.69 Å². The molecular weight excluding hydrogens is 404 g/mol. The minimum Gasteiger partial charge on any atom is -0.290 e. The van der Waals surface area contributed by atoms with Crippen LogP contribution in [0.2, 0.25) is 0 Å². The Labute approximate surface area is 173 Å². The number of hydrogen-bond donors (Lipinski definition) is 2. The van der Waals surface area contributed by atoms with E-state index in [0.717, 1.165) is 5.56 Å². The number of aryl methyl sites for hydroxylation is 1. The van der Waals surface area contributed by atoms with Gasteiger partial charge in [-0.2, -0.15) is 15.6 Å². The van der Waals surface area contributed by atoms with Gasteiger partial charge in [0, 0.05) is 0 Å². The fourth-order valence-electron chi connectivity index (χ4n) is 2.68. The third-order valence-corrected chi connectivity index (χ3v) is 5.45. The Morgan fingerprint density at radius 3 is 2.37 bits per heavy atom. The highest BCUT2D eigenvalue weighted by atomic mass is 32.2. The molecule has 0 atom stereocenters. The van der Waals surface area contributed by atoms with Gasteiger partial charge < -0.3 is 0 Å².